The third-order valence-electron chi connectivity index (χ3n) is 6.54. The number of carbonyl (C=O) groups is 2. The SMILES string of the molecule is CC(C)CNC(=O)[C@H](c1ccccc1)N(Cc1ccc(Cl)cc1)C(=O)COc1ccc(S(=O)(=O)Nc2ccc(F)cc2)cc1. The molecule has 2 amide bonds. The van der Waals surface area contributed by atoms with Gasteiger partial charge in [-0.1, -0.05) is 67.9 Å². The molecule has 0 heterocycles. The monoisotopic (exact) mass is 637 g/mol. The van der Waals surface area contributed by atoms with Crippen LogP contribution in [-0.2, 0) is 26.2 Å². The molecule has 0 fully saturated rings. The van der Waals surface area contributed by atoms with Crippen LogP contribution in [0.2, 0.25) is 5.02 Å². The first-order valence-corrected chi connectivity index (χ1v) is 15.8. The number of carbonyl (C=O) groups excluding carboxylic acids is 2. The normalized spacial score (nSPS) is 11.9. The number of ether oxygens (including phenoxy) is 1. The van der Waals surface area contributed by atoms with Crippen molar-refractivity contribution in [3.05, 3.63) is 125 Å². The van der Waals surface area contributed by atoms with E-state index in [1.54, 1.807) is 48.5 Å². The van der Waals surface area contributed by atoms with Crippen LogP contribution in [0.25, 0.3) is 0 Å². The van der Waals surface area contributed by atoms with Gasteiger partial charge in [-0.15, -0.1) is 0 Å². The summed E-state index contributed by atoms with van der Waals surface area (Å²) in [5, 5.41) is 3.49. The molecule has 0 saturated heterocycles. The highest BCUT2D eigenvalue weighted by molar-refractivity contribution is 7.92. The summed E-state index contributed by atoms with van der Waals surface area (Å²) in [7, 11) is -3.95. The molecule has 44 heavy (non-hydrogen) atoms. The molecule has 0 spiro atoms. The molecule has 230 valence electrons. The van der Waals surface area contributed by atoms with Crippen molar-refractivity contribution in [2.45, 2.75) is 31.3 Å². The maximum absolute atomic E-state index is 13.8. The first-order valence-electron chi connectivity index (χ1n) is 13.9. The van der Waals surface area contributed by atoms with Gasteiger partial charge >= 0.3 is 0 Å². The average molecular weight is 638 g/mol. The van der Waals surface area contributed by atoms with E-state index in [2.05, 4.69) is 10.0 Å². The molecule has 0 bridgehead atoms. The Morgan fingerprint density at radius 2 is 1.52 bits per heavy atom. The van der Waals surface area contributed by atoms with Crippen LogP contribution >= 0.6 is 11.6 Å². The molecule has 1 atom stereocenters. The summed E-state index contributed by atoms with van der Waals surface area (Å²) in [6, 6.07) is 25.6. The number of hydrogen-bond acceptors (Lipinski definition) is 5. The van der Waals surface area contributed by atoms with Crippen LogP contribution in [-0.4, -0.2) is 38.3 Å². The zero-order chi connectivity index (χ0) is 31.7. The lowest BCUT2D eigenvalue weighted by atomic mass is 10.0. The van der Waals surface area contributed by atoms with Gasteiger partial charge in [0.2, 0.25) is 5.91 Å². The maximum atomic E-state index is 13.8. The highest BCUT2D eigenvalue weighted by atomic mass is 35.5. The largest absolute Gasteiger partial charge is 0.484 e. The molecule has 0 aromatic heterocycles. The Morgan fingerprint density at radius 1 is 0.886 bits per heavy atom. The molecule has 11 heteroatoms. The molecule has 0 aliphatic rings. The predicted octanol–water partition coefficient (Wildman–Crippen LogP) is 6.20. The van der Waals surface area contributed by atoms with Crippen LogP contribution in [0.15, 0.2) is 108 Å². The molecular weight excluding hydrogens is 605 g/mol. The Bertz CT molecular complexity index is 1650. The second-order valence-corrected chi connectivity index (χ2v) is 12.6. The number of nitrogens with one attached hydrogen (secondary N) is 2. The molecular formula is C33H33ClFN3O5S. The smallest absolute Gasteiger partial charge is 0.261 e. The summed E-state index contributed by atoms with van der Waals surface area (Å²) in [6.07, 6.45) is 0. The van der Waals surface area contributed by atoms with E-state index >= 15 is 0 Å². The number of halogens is 2. The number of anilines is 1. The van der Waals surface area contributed by atoms with Gasteiger partial charge in [-0.25, -0.2) is 12.8 Å². The van der Waals surface area contributed by atoms with Crippen molar-refractivity contribution in [2.75, 3.05) is 17.9 Å². The second kappa shape index (κ2) is 14.9. The van der Waals surface area contributed by atoms with Crippen LogP contribution in [0.4, 0.5) is 10.1 Å². The van der Waals surface area contributed by atoms with E-state index in [0.717, 1.165) is 17.7 Å². The highest BCUT2D eigenvalue weighted by Gasteiger charge is 2.32. The molecule has 0 unspecified atom stereocenters. The van der Waals surface area contributed by atoms with Crippen molar-refractivity contribution < 1.29 is 27.1 Å². The molecule has 4 aromatic rings. The molecule has 2 N–H and O–H groups in total. The van der Waals surface area contributed by atoms with Gasteiger partial charge in [-0.3, -0.25) is 14.3 Å². The predicted molar refractivity (Wildman–Crippen MR) is 168 cm³/mol. The van der Waals surface area contributed by atoms with E-state index < -0.39 is 34.4 Å². The molecule has 0 aliphatic carbocycles. The van der Waals surface area contributed by atoms with Gasteiger partial charge in [0.15, 0.2) is 6.61 Å². The summed E-state index contributed by atoms with van der Waals surface area (Å²) >= 11 is 6.07. The Balaban J connectivity index is 1.54. The van der Waals surface area contributed by atoms with Crippen LogP contribution in [0.5, 0.6) is 5.75 Å². The van der Waals surface area contributed by atoms with Crippen LogP contribution in [0.1, 0.15) is 31.0 Å². The molecule has 4 aromatic carbocycles. The number of amides is 2. The van der Waals surface area contributed by atoms with Crippen LogP contribution < -0.4 is 14.8 Å². The minimum atomic E-state index is -3.95. The van der Waals surface area contributed by atoms with Gasteiger partial charge in [-0.2, -0.15) is 0 Å². The Morgan fingerprint density at radius 3 is 2.14 bits per heavy atom. The standard InChI is InChI=1S/C33H33ClFN3O5S/c1-23(2)20-36-33(40)32(25-6-4-3-5-7-25)38(21-24-8-10-26(34)11-9-24)31(39)22-43-29-16-18-30(19-17-29)44(41,42)37-28-14-12-27(35)13-15-28/h3-19,23,32,37H,20-22H2,1-2H3,(H,36,40)/t32-/m0/s1. The zero-order valence-corrected chi connectivity index (χ0v) is 25.8. The van der Waals surface area contributed by atoms with Crippen molar-refractivity contribution in [1.82, 2.24) is 10.2 Å². The van der Waals surface area contributed by atoms with E-state index in [1.165, 1.54) is 41.3 Å². The van der Waals surface area contributed by atoms with E-state index in [1.807, 2.05) is 19.9 Å². The Hall–Kier alpha value is -4.41. The molecule has 0 aliphatic heterocycles. The Labute approximate surface area is 261 Å². The van der Waals surface area contributed by atoms with Gasteiger partial charge < -0.3 is 15.0 Å². The number of nitrogens with zero attached hydrogens (tertiary/aromatic N) is 1. The third-order valence-corrected chi connectivity index (χ3v) is 8.19. The highest BCUT2D eigenvalue weighted by Crippen LogP contribution is 2.26. The molecule has 4 rings (SSSR count). The number of sulfonamides is 1. The van der Waals surface area contributed by atoms with Crippen molar-refractivity contribution in [3.63, 3.8) is 0 Å². The minimum absolute atomic E-state index is 0.0455. The van der Waals surface area contributed by atoms with Gasteiger partial charge in [0.25, 0.3) is 15.9 Å². The van der Waals surface area contributed by atoms with Gasteiger partial charge in [0.1, 0.15) is 17.6 Å². The minimum Gasteiger partial charge on any atom is -0.484 e. The average Bonchev–Trinajstić information content (AvgIpc) is 3.01. The first kappa shape index (κ1) is 32.5. The third kappa shape index (κ3) is 9.05. The van der Waals surface area contributed by atoms with Crippen molar-refractivity contribution >= 4 is 39.1 Å². The fourth-order valence-corrected chi connectivity index (χ4v) is 5.48. The van der Waals surface area contributed by atoms with Crippen molar-refractivity contribution in [2.24, 2.45) is 5.92 Å². The quantitative estimate of drug-likeness (QED) is 0.182. The summed E-state index contributed by atoms with van der Waals surface area (Å²) < 4.78 is 46.9. The van der Waals surface area contributed by atoms with Crippen LogP contribution in [0, 0.1) is 11.7 Å². The number of rotatable bonds is 13. The van der Waals surface area contributed by atoms with E-state index in [-0.39, 0.29) is 34.7 Å². The lowest BCUT2D eigenvalue weighted by Gasteiger charge is -2.32. The zero-order valence-electron chi connectivity index (χ0n) is 24.2. The van der Waals surface area contributed by atoms with Gasteiger partial charge in [0, 0.05) is 23.8 Å². The Kier molecular flexibility index (Phi) is 11.0. The lowest BCUT2D eigenvalue weighted by molar-refractivity contribution is -0.143. The number of benzene rings is 4. The summed E-state index contributed by atoms with van der Waals surface area (Å²) in [5.41, 5.74) is 1.62. The molecule has 0 saturated carbocycles. The van der Waals surface area contributed by atoms with Crippen molar-refractivity contribution in [3.8, 4) is 5.75 Å². The van der Waals surface area contributed by atoms with Crippen molar-refractivity contribution in [1.29, 1.82) is 0 Å². The summed E-state index contributed by atoms with van der Waals surface area (Å²) in [5.74, 6) is -0.802. The summed E-state index contributed by atoms with van der Waals surface area (Å²) in [4.78, 5) is 28.7. The first-order chi connectivity index (χ1) is 21.0. The van der Waals surface area contributed by atoms with Gasteiger partial charge in [0.05, 0.1) is 4.90 Å². The fraction of sp³-hybridized carbons (Fsp3) is 0.212. The van der Waals surface area contributed by atoms with E-state index in [9.17, 15) is 22.4 Å². The topological polar surface area (TPSA) is 105 Å². The van der Waals surface area contributed by atoms with Crippen LogP contribution in [0.3, 0.4) is 0 Å². The van der Waals surface area contributed by atoms with E-state index in [0.29, 0.717) is 17.1 Å². The second-order valence-electron chi connectivity index (χ2n) is 10.5. The fourth-order valence-electron chi connectivity index (χ4n) is 4.29. The van der Waals surface area contributed by atoms with Gasteiger partial charge in [-0.05, 0) is 77.7 Å². The number of hydrogen-bond donors (Lipinski definition) is 2. The maximum Gasteiger partial charge on any atom is 0.261 e. The van der Waals surface area contributed by atoms with E-state index in [4.69, 9.17) is 16.3 Å². The molecule has 8 nitrogen and oxygen atoms in total. The molecule has 0 radical (unpaired) electrons. The summed E-state index contributed by atoms with van der Waals surface area (Å²) in [6.45, 7) is 4.11. The lowest BCUT2D eigenvalue weighted by Crippen LogP contribution is -2.45.